The Hall–Kier alpha value is -9.21. The summed E-state index contributed by atoms with van der Waals surface area (Å²) in [6.45, 7) is 0. The van der Waals surface area contributed by atoms with Crippen molar-refractivity contribution in [3.05, 3.63) is 267 Å². The van der Waals surface area contributed by atoms with Crippen LogP contribution in [-0.2, 0) is 0 Å². The first kappa shape index (κ1) is 42.9. The van der Waals surface area contributed by atoms with E-state index in [2.05, 4.69) is 287 Å². The molecule has 0 radical (unpaired) electrons. The molecule has 2 atom stereocenters. The van der Waals surface area contributed by atoms with Gasteiger partial charge < -0.3 is 0 Å². The fraction of sp³-hybridized carbons (Fsp3) is 0. The second kappa shape index (κ2) is 15.7. The Kier molecular flexibility index (Phi) is 8.64. The van der Waals surface area contributed by atoms with Crippen molar-refractivity contribution in [1.29, 1.82) is 0 Å². The van der Waals surface area contributed by atoms with Gasteiger partial charge in [0.1, 0.15) is 0 Å². The van der Waals surface area contributed by atoms with E-state index in [9.17, 15) is 0 Å². The fourth-order valence-corrected chi connectivity index (χ4v) is 38.5. The Balaban J connectivity index is 1.05. The van der Waals surface area contributed by atoms with E-state index in [-0.39, 0.29) is 0 Å². The van der Waals surface area contributed by atoms with Gasteiger partial charge in [0.05, 0.1) is 0 Å². The van der Waals surface area contributed by atoms with E-state index >= 15 is 0 Å². The summed E-state index contributed by atoms with van der Waals surface area (Å²) < 4.78 is 26.8. The van der Waals surface area contributed by atoms with Crippen LogP contribution < -0.4 is 64.2 Å². The zero-order valence-electron chi connectivity index (χ0n) is 42.0. The van der Waals surface area contributed by atoms with Crippen LogP contribution in [0.2, 0.25) is 0 Å². The molecule has 0 aliphatic carbocycles. The number of rotatable bonds is 6. The molecule has 12 aromatic rings. The molecule has 6 heterocycles. The number of ether oxygens (including phenoxy) is 2. The molecule has 6 nitrogen and oxygen atoms in total. The molecular formula is C70H44Ge2N4O2. The first-order valence-electron chi connectivity index (χ1n) is 26.8. The maximum absolute atomic E-state index is 8.00. The van der Waals surface area contributed by atoms with Gasteiger partial charge in [-0.05, 0) is 0 Å². The zero-order chi connectivity index (χ0) is 50.8. The van der Waals surface area contributed by atoms with Gasteiger partial charge in [0, 0.05) is 0 Å². The van der Waals surface area contributed by atoms with E-state index in [1.165, 1.54) is 69.3 Å². The molecule has 6 aliphatic rings. The average molecular weight is 1120 g/mol. The monoisotopic (exact) mass is 1120 g/mol. The summed E-state index contributed by atoms with van der Waals surface area (Å²) in [5, 5.41) is 2.10. The van der Waals surface area contributed by atoms with Crippen LogP contribution in [0.15, 0.2) is 267 Å². The molecule has 0 fully saturated rings. The summed E-state index contributed by atoms with van der Waals surface area (Å²) in [5.41, 5.74) is 13.9. The van der Waals surface area contributed by atoms with Crippen molar-refractivity contribution < 1.29 is 9.47 Å². The fourth-order valence-electron chi connectivity index (χ4n) is 14.8. The number of para-hydroxylation sites is 4. The van der Waals surface area contributed by atoms with Crippen molar-refractivity contribution in [1.82, 2.24) is 0 Å². The quantitative estimate of drug-likeness (QED) is 0.154. The van der Waals surface area contributed by atoms with Gasteiger partial charge in [0.25, 0.3) is 0 Å². The molecule has 12 aromatic carbocycles. The van der Waals surface area contributed by atoms with Crippen molar-refractivity contribution in [2.24, 2.45) is 0 Å². The van der Waals surface area contributed by atoms with E-state index < -0.39 is 26.5 Å². The molecule has 0 spiro atoms. The third-order valence-corrected chi connectivity index (χ3v) is 38.2. The van der Waals surface area contributed by atoms with Crippen molar-refractivity contribution >= 4 is 141 Å². The minimum atomic E-state index is -4.24. The van der Waals surface area contributed by atoms with Crippen molar-refractivity contribution in [3.8, 4) is 23.0 Å². The molecular weight excluding hydrogens is 1070 g/mol. The number of benzene rings is 12. The predicted molar refractivity (Wildman–Crippen MR) is 324 cm³/mol. The van der Waals surface area contributed by atoms with Crippen molar-refractivity contribution in [2.45, 2.75) is 0 Å². The summed E-state index contributed by atoms with van der Waals surface area (Å²) in [6.07, 6.45) is 0. The third-order valence-electron chi connectivity index (χ3n) is 17.4. The topological polar surface area (TPSA) is 31.4 Å². The van der Waals surface area contributed by atoms with Gasteiger partial charge in [-0.15, -0.1) is 0 Å². The minimum absolute atomic E-state index is 0.903. The van der Waals surface area contributed by atoms with Crippen molar-refractivity contribution in [3.63, 3.8) is 0 Å². The maximum atomic E-state index is 8.00. The molecule has 2 unspecified atom stereocenters. The Morgan fingerprint density at radius 2 is 0.526 bits per heavy atom. The molecule has 0 N–H and O–H groups in total. The van der Waals surface area contributed by atoms with E-state index in [0.29, 0.717) is 0 Å². The van der Waals surface area contributed by atoms with E-state index in [1.807, 2.05) is 0 Å². The first-order chi connectivity index (χ1) is 38.7. The SMILES string of the molecule is c1ccc(N2c3cccc4[c]3[Ge]3([c]5ccccc5)[c]5c2cccc5N(c2ccccc2)c2cc5cc6[c]7c(c5c([c]23)O4)Oc2cccc3[c]2[Ge]7([c]2ccccc2)[c]2c(cccc2N6c2ccccc2)N3c2ccccc2)cc1. The first-order valence-corrected chi connectivity index (χ1v) is 35.2. The number of hydrogen-bond donors (Lipinski definition) is 0. The third kappa shape index (κ3) is 5.24. The summed E-state index contributed by atoms with van der Waals surface area (Å²) >= 11 is -8.48. The molecule has 0 bridgehead atoms. The second-order valence-corrected chi connectivity index (χ2v) is 36.1. The normalized spacial score (nSPS) is 17.7. The van der Waals surface area contributed by atoms with Gasteiger partial charge in [-0.1, -0.05) is 0 Å². The Morgan fingerprint density at radius 3 is 0.859 bits per heavy atom. The summed E-state index contributed by atoms with van der Waals surface area (Å²) in [5.74, 6) is 3.63. The standard InChI is InChI=1S/C70H44Ge2N4O2/c1-7-23-46(24-8-1)71-63-52-35-19-37-54(63)75(50-31-15-5-16-32-50)58-43-45-44-59-68-70(62(45)69(67(58)71)77-60-41-21-39-56(65(60)71)73(52)48-27-11-3-12-28-48)78-61-42-22-40-57-66(61)72(68,47-25-9-2-10-26-47)64-53(74(57)49-29-13-4-14-30-49)36-20-38-55(64)76(59)51-33-17-6-18-34-51/h1-44H. The summed E-state index contributed by atoms with van der Waals surface area (Å²) in [4.78, 5) is 10.1. The van der Waals surface area contributed by atoms with Crippen LogP contribution in [0.1, 0.15) is 0 Å². The van der Waals surface area contributed by atoms with Crippen molar-refractivity contribution in [2.75, 3.05) is 19.6 Å². The molecule has 8 heteroatoms. The Labute approximate surface area is 456 Å². The number of hydrogen-bond acceptors (Lipinski definition) is 6. The molecule has 18 rings (SSSR count). The summed E-state index contributed by atoms with van der Waals surface area (Å²) in [7, 11) is 0. The van der Waals surface area contributed by atoms with Gasteiger partial charge in [0.2, 0.25) is 0 Å². The molecule has 364 valence electrons. The number of fused-ring (bicyclic) bond motifs is 3. The van der Waals surface area contributed by atoms with Crippen LogP contribution >= 0.6 is 0 Å². The van der Waals surface area contributed by atoms with Crippen LogP contribution in [0, 0.1) is 0 Å². The van der Waals surface area contributed by atoms with Crippen LogP contribution in [0.25, 0.3) is 10.8 Å². The second-order valence-electron chi connectivity index (χ2n) is 21.1. The Morgan fingerprint density at radius 1 is 0.244 bits per heavy atom. The van der Waals surface area contributed by atoms with Crippen LogP contribution in [0.3, 0.4) is 0 Å². The summed E-state index contributed by atoms with van der Waals surface area (Å²) in [6, 6.07) is 99.3. The molecule has 6 aliphatic heterocycles. The van der Waals surface area contributed by atoms with Crippen LogP contribution in [0.4, 0.5) is 68.2 Å². The van der Waals surface area contributed by atoms with Gasteiger partial charge in [-0.25, -0.2) is 0 Å². The number of anilines is 12. The van der Waals surface area contributed by atoms with E-state index in [0.717, 1.165) is 67.9 Å². The van der Waals surface area contributed by atoms with Gasteiger partial charge >= 0.3 is 460 Å². The van der Waals surface area contributed by atoms with Crippen LogP contribution in [-0.4, -0.2) is 26.5 Å². The molecule has 0 saturated carbocycles. The van der Waals surface area contributed by atoms with Gasteiger partial charge in [-0.3, -0.25) is 0 Å². The zero-order valence-corrected chi connectivity index (χ0v) is 46.2. The molecule has 0 aromatic heterocycles. The van der Waals surface area contributed by atoms with E-state index in [1.54, 1.807) is 0 Å². The average Bonchev–Trinajstić information content (AvgIpc) is 1.98. The number of nitrogens with zero attached hydrogens (tertiary/aromatic N) is 4. The Bertz CT molecular complexity index is 4240. The van der Waals surface area contributed by atoms with Gasteiger partial charge in [0.15, 0.2) is 0 Å². The molecule has 78 heavy (non-hydrogen) atoms. The predicted octanol–water partition coefficient (Wildman–Crippen LogP) is 12.9. The van der Waals surface area contributed by atoms with Gasteiger partial charge in [-0.2, -0.15) is 0 Å². The molecule has 0 saturated heterocycles. The van der Waals surface area contributed by atoms with Crippen LogP contribution in [0.5, 0.6) is 23.0 Å². The van der Waals surface area contributed by atoms with E-state index in [4.69, 9.17) is 9.47 Å². The molecule has 0 amide bonds.